The zero-order valence-corrected chi connectivity index (χ0v) is 7.56. The summed E-state index contributed by atoms with van der Waals surface area (Å²) < 4.78 is 0. The van der Waals surface area contributed by atoms with E-state index in [1.54, 1.807) is 0 Å². The summed E-state index contributed by atoms with van der Waals surface area (Å²) in [5.41, 5.74) is 5.23. The summed E-state index contributed by atoms with van der Waals surface area (Å²) in [6, 6.07) is 0. The number of rotatable bonds is 5. The first-order valence-corrected chi connectivity index (χ1v) is 3.65. The van der Waals surface area contributed by atoms with E-state index in [4.69, 9.17) is 10.8 Å². The van der Waals surface area contributed by atoms with Gasteiger partial charge in [-0.25, -0.2) is 0 Å². The van der Waals surface area contributed by atoms with Crippen LogP contribution >= 0.6 is 12.4 Å². The highest BCUT2D eigenvalue weighted by Crippen LogP contribution is 2.09. The molecular weight excluding hydrogens is 166 g/mol. The molecule has 0 aromatic carbocycles. The Balaban J connectivity index is 0. The summed E-state index contributed by atoms with van der Waals surface area (Å²) in [5, 5.41) is 8.58. The van der Waals surface area contributed by atoms with Gasteiger partial charge < -0.3 is 10.8 Å². The van der Waals surface area contributed by atoms with Gasteiger partial charge in [0.2, 0.25) is 0 Å². The lowest BCUT2D eigenvalue weighted by Gasteiger charge is -2.07. The molecule has 0 aliphatic rings. The molecule has 0 aromatic rings. The number of carboxylic acids is 1. The molecule has 0 saturated carbocycles. The molecule has 0 aromatic heterocycles. The smallest absolute Gasteiger partial charge is 0.306 e. The number of aliphatic carboxylic acids is 1. The molecule has 3 nitrogen and oxygen atoms in total. The predicted octanol–water partition coefficient (Wildman–Crippen LogP) is 1.26. The standard InChI is InChI=1S/C7H15NO2.ClH/c1-2-3-6(4-5-8)7(9)10;/h6H,2-5,8H2,1H3,(H,9,10);1H. The number of halogens is 1. The first-order valence-electron chi connectivity index (χ1n) is 3.65. The molecule has 0 spiro atoms. The average Bonchev–Trinajstić information content (AvgIpc) is 1.87. The van der Waals surface area contributed by atoms with E-state index in [0.717, 1.165) is 12.8 Å². The lowest BCUT2D eigenvalue weighted by atomic mass is 10.0. The number of hydrogen-bond donors (Lipinski definition) is 2. The number of carbonyl (C=O) groups is 1. The fraction of sp³-hybridized carbons (Fsp3) is 0.857. The minimum Gasteiger partial charge on any atom is -0.481 e. The molecule has 3 N–H and O–H groups in total. The fourth-order valence-electron chi connectivity index (χ4n) is 0.941. The Bertz CT molecular complexity index is 103. The van der Waals surface area contributed by atoms with Crippen molar-refractivity contribution in [3.8, 4) is 0 Å². The summed E-state index contributed by atoms with van der Waals surface area (Å²) in [6.45, 7) is 2.45. The molecule has 4 heteroatoms. The second-order valence-electron chi connectivity index (χ2n) is 2.40. The SMILES string of the molecule is CCCC(CCN)C(=O)O.Cl. The van der Waals surface area contributed by atoms with Crippen LogP contribution in [-0.4, -0.2) is 17.6 Å². The molecule has 0 aliphatic carbocycles. The van der Waals surface area contributed by atoms with Crippen molar-refractivity contribution in [2.24, 2.45) is 11.7 Å². The second-order valence-corrected chi connectivity index (χ2v) is 2.40. The summed E-state index contributed by atoms with van der Waals surface area (Å²) in [5.74, 6) is -0.942. The van der Waals surface area contributed by atoms with E-state index in [1.165, 1.54) is 0 Å². The third-order valence-electron chi connectivity index (χ3n) is 1.50. The Kier molecular flexibility index (Phi) is 9.47. The van der Waals surface area contributed by atoms with Gasteiger partial charge in [-0.2, -0.15) is 0 Å². The van der Waals surface area contributed by atoms with Crippen LogP contribution in [0.15, 0.2) is 0 Å². The van der Waals surface area contributed by atoms with Crippen molar-refractivity contribution in [3.63, 3.8) is 0 Å². The fourth-order valence-corrected chi connectivity index (χ4v) is 0.941. The first-order chi connectivity index (χ1) is 4.72. The Morgan fingerprint density at radius 1 is 1.55 bits per heavy atom. The van der Waals surface area contributed by atoms with Gasteiger partial charge in [0.1, 0.15) is 0 Å². The minimum absolute atomic E-state index is 0. The summed E-state index contributed by atoms with van der Waals surface area (Å²) in [7, 11) is 0. The third kappa shape index (κ3) is 6.13. The van der Waals surface area contributed by atoms with Gasteiger partial charge in [-0.1, -0.05) is 13.3 Å². The van der Waals surface area contributed by atoms with E-state index in [-0.39, 0.29) is 18.3 Å². The van der Waals surface area contributed by atoms with Crippen LogP contribution in [0.3, 0.4) is 0 Å². The maximum Gasteiger partial charge on any atom is 0.306 e. The molecule has 0 fully saturated rings. The van der Waals surface area contributed by atoms with Crippen LogP contribution in [0.4, 0.5) is 0 Å². The van der Waals surface area contributed by atoms with Crippen LogP contribution in [0.1, 0.15) is 26.2 Å². The maximum atomic E-state index is 10.4. The van der Waals surface area contributed by atoms with Gasteiger partial charge in [-0.05, 0) is 19.4 Å². The van der Waals surface area contributed by atoms with E-state index in [2.05, 4.69) is 0 Å². The van der Waals surface area contributed by atoms with E-state index < -0.39 is 5.97 Å². The lowest BCUT2D eigenvalue weighted by Crippen LogP contribution is -2.17. The van der Waals surface area contributed by atoms with Crippen LogP contribution in [0, 0.1) is 5.92 Å². The van der Waals surface area contributed by atoms with Crippen molar-refractivity contribution in [2.75, 3.05) is 6.54 Å². The molecule has 0 radical (unpaired) electrons. The topological polar surface area (TPSA) is 63.3 Å². The van der Waals surface area contributed by atoms with Crippen LogP contribution in [-0.2, 0) is 4.79 Å². The quantitative estimate of drug-likeness (QED) is 0.671. The van der Waals surface area contributed by atoms with Crippen LogP contribution < -0.4 is 5.73 Å². The Morgan fingerprint density at radius 2 is 2.09 bits per heavy atom. The first kappa shape index (κ1) is 13.3. The van der Waals surface area contributed by atoms with Crippen molar-refractivity contribution < 1.29 is 9.90 Å². The van der Waals surface area contributed by atoms with Crippen molar-refractivity contribution in [1.82, 2.24) is 0 Å². The van der Waals surface area contributed by atoms with Crippen LogP contribution in [0.2, 0.25) is 0 Å². The monoisotopic (exact) mass is 181 g/mol. The number of hydrogen-bond acceptors (Lipinski definition) is 2. The van der Waals surface area contributed by atoms with E-state index >= 15 is 0 Å². The largest absolute Gasteiger partial charge is 0.481 e. The van der Waals surface area contributed by atoms with Crippen molar-refractivity contribution in [3.05, 3.63) is 0 Å². The maximum absolute atomic E-state index is 10.4. The molecule has 0 heterocycles. The summed E-state index contributed by atoms with van der Waals surface area (Å²) in [6.07, 6.45) is 2.26. The van der Waals surface area contributed by atoms with Crippen LogP contribution in [0.5, 0.6) is 0 Å². The minimum atomic E-state index is -0.715. The molecule has 1 unspecified atom stereocenters. The van der Waals surface area contributed by atoms with Crippen molar-refractivity contribution >= 4 is 18.4 Å². The second kappa shape index (κ2) is 7.82. The zero-order valence-electron chi connectivity index (χ0n) is 6.75. The van der Waals surface area contributed by atoms with Gasteiger partial charge in [-0.15, -0.1) is 12.4 Å². The number of carboxylic acid groups (broad SMARTS) is 1. The zero-order chi connectivity index (χ0) is 7.98. The molecule has 0 bridgehead atoms. The predicted molar refractivity (Wildman–Crippen MR) is 47.0 cm³/mol. The van der Waals surface area contributed by atoms with Gasteiger partial charge in [-0.3, -0.25) is 4.79 Å². The highest BCUT2D eigenvalue weighted by atomic mass is 35.5. The summed E-state index contributed by atoms with van der Waals surface area (Å²) in [4.78, 5) is 10.4. The van der Waals surface area contributed by atoms with Crippen molar-refractivity contribution in [1.29, 1.82) is 0 Å². The molecule has 0 amide bonds. The van der Waals surface area contributed by atoms with Gasteiger partial charge in [0.05, 0.1) is 5.92 Å². The van der Waals surface area contributed by atoms with Gasteiger partial charge >= 0.3 is 5.97 Å². The van der Waals surface area contributed by atoms with E-state index in [1.807, 2.05) is 6.92 Å². The molecule has 0 saturated heterocycles. The molecule has 0 rings (SSSR count). The average molecular weight is 182 g/mol. The Labute approximate surface area is 73.4 Å². The highest BCUT2D eigenvalue weighted by Gasteiger charge is 2.13. The van der Waals surface area contributed by atoms with Crippen molar-refractivity contribution in [2.45, 2.75) is 26.2 Å². The summed E-state index contributed by atoms with van der Waals surface area (Å²) >= 11 is 0. The van der Waals surface area contributed by atoms with Gasteiger partial charge in [0.25, 0.3) is 0 Å². The van der Waals surface area contributed by atoms with Gasteiger partial charge in [0, 0.05) is 0 Å². The molecule has 1 atom stereocenters. The number of nitrogens with two attached hydrogens (primary N) is 1. The Hall–Kier alpha value is -0.280. The molecular formula is C7H16ClNO2. The van der Waals surface area contributed by atoms with Crippen LogP contribution in [0.25, 0.3) is 0 Å². The Morgan fingerprint density at radius 3 is 2.36 bits per heavy atom. The third-order valence-corrected chi connectivity index (χ3v) is 1.50. The lowest BCUT2D eigenvalue weighted by molar-refractivity contribution is -0.142. The van der Waals surface area contributed by atoms with E-state index in [0.29, 0.717) is 13.0 Å². The normalized spacial score (nSPS) is 11.8. The molecule has 11 heavy (non-hydrogen) atoms. The molecule has 0 aliphatic heterocycles. The van der Waals surface area contributed by atoms with E-state index in [9.17, 15) is 4.79 Å². The highest BCUT2D eigenvalue weighted by molar-refractivity contribution is 5.85. The molecule has 68 valence electrons. The van der Waals surface area contributed by atoms with Gasteiger partial charge in [0.15, 0.2) is 0 Å².